The number of anilines is 2. The number of carbonyl (C=O) groups excluding carboxylic acids is 1. The van der Waals surface area contributed by atoms with Gasteiger partial charge in [-0.25, -0.2) is 13.6 Å². The van der Waals surface area contributed by atoms with Gasteiger partial charge in [-0.3, -0.25) is 4.98 Å². The van der Waals surface area contributed by atoms with E-state index in [1.165, 1.54) is 6.07 Å². The molecule has 1 saturated heterocycles. The molecule has 0 saturated carbocycles. The molecule has 0 radical (unpaired) electrons. The predicted octanol–water partition coefficient (Wildman–Crippen LogP) is 4.64. The number of halogens is 2. The molecule has 10 heteroatoms. The van der Waals surface area contributed by atoms with Gasteiger partial charge in [0.15, 0.2) is 11.6 Å². The molecule has 1 fully saturated rings. The van der Waals surface area contributed by atoms with Crippen LogP contribution < -0.4 is 10.6 Å². The Morgan fingerprint density at radius 3 is 2.71 bits per heavy atom. The van der Waals surface area contributed by atoms with E-state index in [2.05, 4.69) is 20.6 Å². The zero-order valence-corrected chi connectivity index (χ0v) is 19.4. The monoisotopic (exact) mass is 477 g/mol. The smallest absolute Gasteiger partial charge is 0.321 e. The van der Waals surface area contributed by atoms with Crippen molar-refractivity contribution in [2.75, 3.05) is 30.3 Å². The van der Waals surface area contributed by atoms with E-state index in [9.17, 15) is 18.8 Å². The summed E-state index contributed by atoms with van der Waals surface area (Å²) >= 11 is 0. The molecule has 1 aromatic heterocycles. The molecule has 1 aliphatic rings. The summed E-state index contributed by atoms with van der Waals surface area (Å²) in [6, 6.07) is 12.1. The Hall–Kier alpha value is -4.26. The third kappa shape index (κ3) is 5.30. The number of hydrogen-bond donors (Lipinski definition) is 2. The summed E-state index contributed by atoms with van der Waals surface area (Å²) in [5.74, 6) is -1.49. The number of rotatable bonds is 3. The first kappa shape index (κ1) is 23.9. The molecule has 3 aromatic rings. The highest BCUT2D eigenvalue weighted by Crippen LogP contribution is 2.24. The van der Waals surface area contributed by atoms with Crippen molar-refractivity contribution >= 4 is 34.3 Å². The third-order valence-electron chi connectivity index (χ3n) is 5.97. The highest BCUT2D eigenvalue weighted by Gasteiger charge is 2.34. The first-order valence-corrected chi connectivity index (χ1v) is 11.2. The van der Waals surface area contributed by atoms with Gasteiger partial charge in [-0.2, -0.15) is 5.26 Å². The second-order valence-electron chi connectivity index (χ2n) is 8.55. The Labute approximate surface area is 201 Å². The van der Waals surface area contributed by atoms with Crippen LogP contribution in [0.2, 0.25) is 0 Å². The number of carbonyl (C=O) groups is 1. The van der Waals surface area contributed by atoms with Crippen LogP contribution in [-0.4, -0.2) is 52.5 Å². The minimum atomic E-state index is -1.03. The van der Waals surface area contributed by atoms with Crippen LogP contribution >= 0.6 is 0 Å². The molecular weight excluding hydrogens is 452 g/mol. The highest BCUT2D eigenvalue weighted by atomic mass is 19.2. The summed E-state index contributed by atoms with van der Waals surface area (Å²) in [5.41, 5.74) is 1.76. The van der Waals surface area contributed by atoms with Gasteiger partial charge in [0.25, 0.3) is 0 Å². The number of hydrogen-bond acceptors (Lipinski definition) is 4. The number of piperazine rings is 1. The number of urea groups is 1. The van der Waals surface area contributed by atoms with Gasteiger partial charge in [0.05, 0.1) is 17.2 Å². The molecule has 4 rings (SSSR count). The lowest BCUT2D eigenvalue weighted by Gasteiger charge is -2.44. The van der Waals surface area contributed by atoms with Crippen LogP contribution in [0.3, 0.4) is 0 Å². The maximum atomic E-state index is 13.5. The van der Waals surface area contributed by atoms with Gasteiger partial charge in [0, 0.05) is 43.0 Å². The van der Waals surface area contributed by atoms with E-state index in [1.54, 1.807) is 11.1 Å². The fourth-order valence-electron chi connectivity index (χ4n) is 4.15. The number of nitriles is 1. The van der Waals surface area contributed by atoms with Crippen LogP contribution in [0.15, 0.2) is 59.7 Å². The van der Waals surface area contributed by atoms with Crippen LogP contribution in [0.4, 0.5) is 25.0 Å². The fourth-order valence-corrected chi connectivity index (χ4v) is 4.15. The summed E-state index contributed by atoms with van der Waals surface area (Å²) < 4.78 is 26.7. The molecule has 1 aliphatic heterocycles. The third-order valence-corrected chi connectivity index (χ3v) is 5.97. The van der Waals surface area contributed by atoms with E-state index in [0.29, 0.717) is 25.6 Å². The molecule has 2 amide bonds. The van der Waals surface area contributed by atoms with Gasteiger partial charge in [0.1, 0.15) is 0 Å². The fraction of sp³-hybridized carbons (Fsp3) is 0.280. The lowest BCUT2D eigenvalue weighted by molar-refractivity contribution is 0.120. The van der Waals surface area contributed by atoms with Crippen molar-refractivity contribution in [3.05, 3.63) is 66.4 Å². The van der Waals surface area contributed by atoms with Crippen molar-refractivity contribution in [3.8, 4) is 6.19 Å². The van der Waals surface area contributed by atoms with Gasteiger partial charge < -0.3 is 20.4 Å². The standard InChI is InChI=1S/C25H25F2N7O/c1-16(2)23-14-33(25(35)31-17-8-9-19(26)20(27)13-17)11-12-34(23)24(30-15-28)32-22-7-3-6-21-18(22)5-4-10-29-21/h3-10,13,16,23H,11-12,14H2,1-2H3,(H,30,32)(H,31,35). The van der Waals surface area contributed by atoms with Crippen LogP contribution in [0.1, 0.15) is 13.8 Å². The Balaban J connectivity index is 1.53. The van der Waals surface area contributed by atoms with Crippen LogP contribution in [0.25, 0.3) is 10.9 Å². The lowest BCUT2D eigenvalue weighted by atomic mass is 10.00. The van der Waals surface area contributed by atoms with Crippen LogP contribution in [-0.2, 0) is 0 Å². The number of nitrogens with zero attached hydrogens (tertiary/aromatic N) is 5. The van der Waals surface area contributed by atoms with Crippen molar-refractivity contribution in [3.63, 3.8) is 0 Å². The Morgan fingerprint density at radius 1 is 1.14 bits per heavy atom. The Kier molecular flexibility index (Phi) is 7.06. The van der Waals surface area contributed by atoms with Crippen molar-refractivity contribution < 1.29 is 13.6 Å². The molecule has 2 aromatic carbocycles. The minimum absolute atomic E-state index is 0.119. The highest BCUT2D eigenvalue weighted by molar-refractivity contribution is 6.02. The number of nitrogens with one attached hydrogen (secondary N) is 2. The Morgan fingerprint density at radius 2 is 1.97 bits per heavy atom. The molecule has 180 valence electrons. The lowest BCUT2D eigenvalue weighted by Crippen LogP contribution is -2.60. The van der Waals surface area contributed by atoms with Gasteiger partial charge in [-0.15, -0.1) is 4.99 Å². The number of benzene rings is 2. The van der Waals surface area contributed by atoms with Gasteiger partial charge >= 0.3 is 6.03 Å². The van der Waals surface area contributed by atoms with Crippen molar-refractivity contribution in [1.29, 1.82) is 5.26 Å². The maximum absolute atomic E-state index is 13.5. The van der Waals surface area contributed by atoms with Gasteiger partial charge in [-0.05, 0) is 42.3 Å². The molecule has 0 bridgehead atoms. The molecular formula is C25H25F2N7O. The maximum Gasteiger partial charge on any atom is 0.321 e. The van der Waals surface area contributed by atoms with E-state index >= 15 is 0 Å². The average Bonchev–Trinajstić information content (AvgIpc) is 2.86. The topological polar surface area (TPSA) is 96.7 Å². The first-order chi connectivity index (χ1) is 16.9. The summed E-state index contributed by atoms with van der Waals surface area (Å²) in [6.45, 7) is 5.18. The zero-order valence-electron chi connectivity index (χ0n) is 19.4. The van der Waals surface area contributed by atoms with Gasteiger partial charge in [0.2, 0.25) is 12.2 Å². The van der Waals surface area contributed by atoms with E-state index in [1.807, 2.05) is 55.3 Å². The number of fused-ring (bicyclic) bond motifs is 1. The molecule has 2 N–H and O–H groups in total. The van der Waals surface area contributed by atoms with Gasteiger partial charge in [-0.1, -0.05) is 19.9 Å². The van der Waals surface area contributed by atoms with Crippen LogP contribution in [0.5, 0.6) is 0 Å². The molecule has 0 spiro atoms. The van der Waals surface area contributed by atoms with E-state index in [-0.39, 0.29) is 17.6 Å². The normalized spacial score (nSPS) is 16.3. The van der Waals surface area contributed by atoms with Crippen molar-refractivity contribution in [2.45, 2.75) is 19.9 Å². The summed E-state index contributed by atoms with van der Waals surface area (Å²) in [5, 5.41) is 16.2. The summed E-state index contributed by atoms with van der Waals surface area (Å²) in [6.07, 6.45) is 3.60. The number of aliphatic imine (C=N–C) groups is 1. The molecule has 2 heterocycles. The number of aromatic nitrogens is 1. The summed E-state index contributed by atoms with van der Waals surface area (Å²) in [7, 11) is 0. The van der Waals surface area contributed by atoms with Crippen molar-refractivity contribution in [1.82, 2.24) is 14.8 Å². The second kappa shape index (κ2) is 10.3. The predicted molar refractivity (Wildman–Crippen MR) is 131 cm³/mol. The number of pyridine rings is 1. The number of guanidine groups is 1. The first-order valence-electron chi connectivity index (χ1n) is 11.2. The van der Waals surface area contributed by atoms with Crippen molar-refractivity contribution in [2.24, 2.45) is 10.9 Å². The molecule has 1 atom stereocenters. The Bertz CT molecular complexity index is 1300. The summed E-state index contributed by atoms with van der Waals surface area (Å²) in [4.78, 5) is 24.9. The zero-order chi connectivity index (χ0) is 24.9. The molecule has 1 unspecified atom stereocenters. The largest absolute Gasteiger partial charge is 0.335 e. The van der Waals surface area contributed by atoms with E-state index in [4.69, 9.17) is 0 Å². The number of amides is 2. The molecule has 0 aliphatic carbocycles. The van der Waals surface area contributed by atoms with E-state index in [0.717, 1.165) is 28.7 Å². The average molecular weight is 478 g/mol. The van der Waals surface area contributed by atoms with Crippen LogP contribution in [0, 0.1) is 29.0 Å². The van der Waals surface area contributed by atoms with E-state index < -0.39 is 17.7 Å². The SMILES string of the molecule is CC(C)C1CN(C(=O)Nc2ccc(F)c(F)c2)CCN1/C(=N\C#N)Nc1cccc2ncccc12. The molecule has 35 heavy (non-hydrogen) atoms. The quantitative estimate of drug-likeness (QED) is 0.326. The second-order valence-corrected chi connectivity index (χ2v) is 8.55. The molecule has 8 nitrogen and oxygen atoms in total. The minimum Gasteiger partial charge on any atom is -0.335 e.